The van der Waals surface area contributed by atoms with Gasteiger partial charge in [0.15, 0.2) is 0 Å². The van der Waals surface area contributed by atoms with E-state index in [2.05, 4.69) is 10.9 Å². The van der Waals surface area contributed by atoms with Crippen LogP contribution < -0.4 is 15.6 Å². The van der Waals surface area contributed by atoms with Crippen LogP contribution in [0, 0.1) is 10.1 Å². The largest absolute Gasteiger partial charge is 0.497 e. The van der Waals surface area contributed by atoms with E-state index >= 15 is 0 Å². The topological polar surface area (TPSA) is 131 Å². The van der Waals surface area contributed by atoms with Gasteiger partial charge in [0, 0.05) is 30.7 Å². The van der Waals surface area contributed by atoms with Crippen molar-refractivity contribution in [2.75, 3.05) is 13.7 Å². The first kappa shape index (κ1) is 26.8. The lowest BCUT2D eigenvalue weighted by atomic mass is 10.1. The van der Waals surface area contributed by atoms with Crippen molar-refractivity contribution in [3.8, 4) is 5.75 Å². The molecular weight excluding hydrogens is 504 g/mol. The van der Waals surface area contributed by atoms with E-state index in [0.717, 1.165) is 11.3 Å². The average Bonchev–Trinajstić information content (AvgIpc) is 3.14. The van der Waals surface area contributed by atoms with Gasteiger partial charge in [-0.25, -0.2) is 0 Å². The zero-order valence-corrected chi connectivity index (χ0v) is 21.0. The summed E-state index contributed by atoms with van der Waals surface area (Å²) in [4.78, 5) is 49.0. The van der Waals surface area contributed by atoms with Crippen LogP contribution >= 0.6 is 24.0 Å². The van der Waals surface area contributed by atoms with Crippen LogP contribution in [0.2, 0.25) is 0 Å². The highest BCUT2D eigenvalue weighted by Gasteiger charge is 2.31. The van der Waals surface area contributed by atoms with E-state index in [1.807, 2.05) is 24.3 Å². The van der Waals surface area contributed by atoms with Crippen LogP contribution in [0.3, 0.4) is 0 Å². The predicted molar refractivity (Wildman–Crippen MR) is 140 cm³/mol. The van der Waals surface area contributed by atoms with E-state index in [4.69, 9.17) is 17.0 Å². The van der Waals surface area contributed by atoms with Gasteiger partial charge in [-0.1, -0.05) is 42.5 Å². The van der Waals surface area contributed by atoms with Gasteiger partial charge in [0.2, 0.25) is 5.91 Å². The number of hydrogen-bond donors (Lipinski definition) is 2. The molecule has 3 amide bonds. The van der Waals surface area contributed by atoms with Crippen LogP contribution in [0.4, 0.5) is 5.69 Å². The summed E-state index contributed by atoms with van der Waals surface area (Å²) < 4.78 is 5.65. The number of rotatable bonds is 10. The van der Waals surface area contributed by atoms with Crippen molar-refractivity contribution in [2.24, 2.45) is 0 Å². The number of nitrogens with zero attached hydrogens (tertiary/aromatic N) is 2. The summed E-state index contributed by atoms with van der Waals surface area (Å²) in [5.41, 5.74) is 5.54. The minimum atomic E-state index is -0.574. The molecule has 1 heterocycles. The zero-order chi connectivity index (χ0) is 26.1. The molecule has 1 aliphatic rings. The van der Waals surface area contributed by atoms with Gasteiger partial charge in [-0.05, 0) is 48.7 Å². The minimum absolute atomic E-state index is 0.130. The van der Waals surface area contributed by atoms with Gasteiger partial charge >= 0.3 is 0 Å². The maximum Gasteiger partial charge on any atom is 0.269 e. The number of non-ortho nitro benzene ring substituents is 1. The first-order chi connectivity index (χ1) is 17.3. The van der Waals surface area contributed by atoms with Crippen LogP contribution in [-0.4, -0.2) is 45.5 Å². The fourth-order valence-corrected chi connectivity index (χ4v) is 4.58. The van der Waals surface area contributed by atoms with Crippen LogP contribution in [0.5, 0.6) is 5.75 Å². The third-order valence-electron chi connectivity index (χ3n) is 5.23. The molecule has 1 aliphatic heterocycles. The van der Waals surface area contributed by atoms with Crippen LogP contribution in [-0.2, 0) is 9.59 Å². The van der Waals surface area contributed by atoms with Gasteiger partial charge in [-0.15, -0.1) is 0 Å². The third-order valence-corrected chi connectivity index (χ3v) is 6.61. The number of thiocarbonyl (C=S) groups is 1. The highest BCUT2D eigenvalue weighted by Crippen LogP contribution is 2.33. The van der Waals surface area contributed by atoms with Crippen molar-refractivity contribution in [3.63, 3.8) is 0 Å². The van der Waals surface area contributed by atoms with Crippen molar-refractivity contribution >= 4 is 57.8 Å². The van der Waals surface area contributed by atoms with Gasteiger partial charge in [-0.2, -0.15) is 0 Å². The normalized spacial score (nSPS) is 14.1. The molecule has 10 nitrogen and oxygen atoms in total. The molecular formula is C24H24N4O6S2. The molecule has 0 unspecified atom stereocenters. The summed E-state index contributed by atoms with van der Waals surface area (Å²) in [5.74, 6) is -0.332. The summed E-state index contributed by atoms with van der Waals surface area (Å²) in [6.45, 7) is 0.461. The molecule has 3 rings (SSSR count). The Morgan fingerprint density at radius 2 is 1.78 bits per heavy atom. The summed E-state index contributed by atoms with van der Waals surface area (Å²) in [7, 11) is 1.59. The van der Waals surface area contributed by atoms with Crippen molar-refractivity contribution in [3.05, 3.63) is 74.7 Å². The second-order valence-electron chi connectivity index (χ2n) is 7.72. The molecule has 0 spiro atoms. The Balaban J connectivity index is 1.36. The molecule has 0 radical (unpaired) electrons. The number of benzene rings is 2. The second kappa shape index (κ2) is 12.8. The number of amides is 3. The number of carbonyl (C=O) groups is 3. The molecule has 36 heavy (non-hydrogen) atoms. The van der Waals surface area contributed by atoms with Crippen molar-refractivity contribution in [1.82, 2.24) is 15.8 Å². The van der Waals surface area contributed by atoms with Gasteiger partial charge in [0.25, 0.3) is 17.5 Å². The van der Waals surface area contributed by atoms with E-state index in [9.17, 15) is 24.5 Å². The molecule has 0 aliphatic carbocycles. The Bertz CT molecular complexity index is 1180. The maximum atomic E-state index is 12.7. The third kappa shape index (κ3) is 7.36. The van der Waals surface area contributed by atoms with E-state index < -0.39 is 10.8 Å². The standard InChI is InChI=1S/C24H24N4O6S2/c1-34-19-12-6-16(7-13-19)15-20-23(31)27(24(35)36-20)14-4-2-3-5-21(29)25-26-22(30)17-8-10-18(11-9-17)28(32)33/h6-13,15H,2-5,14H2,1H3,(H,25,29)(H,26,30). The Morgan fingerprint density at radius 3 is 2.42 bits per heavy atom. The molecule has 188 valence electrons. The lowest BCUT2D eigenvalue weighted by Crippen LogP contribution is -2.41. The van der Waals surface area contributed by atoms with Gasteiger partial charge in [-0.3, -0.25) is 40.2 Å². The molecule has 0 saturated carbocycles. The monoisotopic (exact) mass is 528 g/mol. The molecule has 12 heteroatoms. The number of methoxy groups -OCH3 is 1. The molecule has 1 fully saturated rings. The maximum absolute atomic E-state index is 12.7. The van der Waals surface area contributed by atoms with E-state index in [1.165, 1.54) is 36.0 Å². The summed E-state index contributed by atoms with van der Waals surface area (Å²) in [5, 5.41) is 10.7. The summed E-state index contributed by atoms with van der Waals surface area (Å²) >= 11 is 6.62. The van der Waals surface area contributed by atoms with Crippen molar-refractivity contribution in [1.29, 1.82) is 0 Å². The number of thioether (sulfide) groups is 1. The lowest BCUT2D eigenvalue weighted by molar-refractivity contribution is -0.384. The SMILES string of the molecule is COc1ccc(C=C2SC(=S)N(CCCCCC(=O)NNC(=O)c3ccc([N+](=O)[O-])cc3)C2=O)cc1. The predicted octanol–water partition coefficient (Wildman–Crippen LogP) is 3.83. The highest BCUT2D eigenvalue weighted by molar-refractivity contribution is 8.26. The molecule has 2 aromatic carbocycles. The smallest absolute Gasteiger partial charge is 0.269 e. The summed E-state index contributed by atoms with van der Waals surface area (Å²) in [6.07, 6.45) is 3.92. The highest BCUT2D eigenvalue weighted by atomic mass is 32.2. The zero-order valence-electron chi connectivity index (χ0n) is 19.4. The fourth-order valence-electron chi connectivity index (χ4n) is 3.27. The number of hydrazine groups is 1. The Labute approximate surface area is 217 Å². The number of ether oxygens (including phenoxy) is 1. The quantitative estimate of drug-likeness (QED) is 0.156. The van der Waals surface area contributed by atoms with Gasteiger partial charge < -0.3 is 4.74 Å². The van der Waals surface area contributed by atoms with Crippen LogP contribution in [0.15, 0.2) is 53.4 Å². The van der Waals surface area contributed by atoms with E-state index in [0.29, 0.717) is 35.0 Å². The first-order valence-electron chi connectivity index (χ1n) is 11.0. The number of carbonyl (C=O) groups excluding carboxylic acids is 3. The molecule has 0 atom stereocenters. The fraction of sp³-hybridized carbons (Fsp3) is 0.250. The number of hydrogen-bond acceptors (Lipinski definition) is 8. The molecule has 1 saturated heterocycles. The first-order valence-corrected chi connectivity index (χ1v) is 12.2. The minimum Gasteiger partial charge on any atom is -0.497 e. The molecule has 2 N–H and O–H groups in total. The Morgan fingerprint density at radius 1 is 1.08 bits per heavy atom. The number of unbranched alkanes of at least 4 members (excludes halogenated alkanes) is 2. The van der Waals surface area contributed by atoms with Crippen LogP contribution in [0.1, 0.15) is 41.6 Å². The summed E-state index contributed by atoms with van der Waals surface area (Å²) in [6, 6.07) is 12.4. The van der Waals surface area contributed by atoms with E-state index in [-0.39, 0.29) is 29.5 Å². The van der Waals surface area contributed by atoms with Gasteiger partial charge in [0.1, 0.15) is 10.1 Å². The Hall–Kier alpha value is -3.77. The van der Waals surface area contributed by atoms with Crippen molar-refractivity contribution < 1.29 is 24.0 Å². The van der Waals surface area contributed by atoms with Gasteiger partial charge in [0.05, 0.1) is 16.9 Å². The Kier molecular flexibility index (Phi) is 9.53. The van der Waals surface area contributed by atoms with Crippen LogP contribution in [0.25, 0.3) is 6.08 Å². The number of nitro benzene ring substituents is 1. The van der Waals surface area contributed by atoms with Crippen molar-refractivity contribution in [2.45, 2.75) is 25.7 Å². The molecule has 2 aromatic rings. The average molecular weight is 529 g/mol. The molecule has 0 bridgehead atoms. The second-order valence-corrected chi connectivity index (χ2v) is 9.40. The molecule has 0 aromatic heterocycles. The van der Waals surface area contributed by atoms with E-state index in [1.54, 1.807) is 18.1 Å². The number of nitro groups is 1. The lowest BCUT2D eigenvalue weighted by Gasteiger charge is -2.14. The number of nitrogens with one attached hydrogen (secondary N) is 2.